The van der Waals surface area contributed by atoms with Crippen LogP contribution in [0.15, 0.2) is 17.1 Å². The van der Waals surface area contributed by atoms with Gasteiger partial charge in [0.25, 0.3) is 5.91 Å². The van der Waals surface area contributed by atoms with E-state index in [1.807, 2.05) is 0 Å². The molecule has 1 amide bonds. The Morgan fingerprint density at radius 2 is 2.05 bits per heavy atom. The monoisotopic (exact) mass is 264 g/mol. The molecule has 104 valence electrons. The lowest BCUT2D eigenvalue weighted by Gasteiger charge is -2.34. The van der Waals surface area contributed by atoms with Gasteiger partial charge in [-0.1, -0.05) is 0 Å². The van der Waals surface area contributed by atoms with E-state index < -0.39 is 0 Å². The third-order valence-corrected chi connectivity index (χ3v) is 3.39. The highest BCUT2D eigenvalue weighted by Gasteiger charge is 2.23. The number of amides is 1. The van der Waals surface area contributed by atoms with Crippen LogP contribution in [0.3, 0.4) is 0 Å². The molecule has 1 aliphatic heterocycles. The lowest BCUT2D eigenvalue weighted by molar-refractivity contribution is 0.0639. The number of carbonyl (C=O) groups is 1. The molecule has 0 saturated carbocycles. The maximum atomic E-state index is 12.3. The van der Waals surface area contributed by atoms with Crippen LogP contribution < -0.4 is 11.2 Å². The van der Waals surface area contributed by atoms with Gasteiger partial charge in [0.15, 0.2) is 5.43 Å². The molecule has 1 aromatic heterocycles. The fraction of sp³-hybridized carbons (Fsp3) is 0.538. The molecule has 0 atom stereocenters. The summed E-state index contributed by atoms with van der Waals surface area (Å²) in [5.74, 6) is -0.186. The Morgan fingerprint density at radius 3 is 2.63 bits per heavy atom. The molecular weight excluding hydrogens is 244 g/mol. The van der Waals surface area contributed by atoms with Crippen LogP contribution in [0.25, 0.3) is 0 Å². The Bertz CT molecular complexity index is 504. The van der Waals surface area contributed by atoms with E-state index in [2.05, 4.69) is 9.88 Å². The van der Waals surface area contributed by atoms with Gasteiger partial charge in [-0.15, -0.1) is 0 Å². The third-order valence-electron chi connectivity index (χ3n) is 3.39. The van der Waals surface area contributed by atoms with E-state index in [0.29, 0.717) is 19.6 Å². The number of H-pyrrole nitrogens is 1. The van der Waals surface area contributed by atoms with Crippen molar-refractivity contribution in [3.05, 3.63) is 33.7 Å². The number of carbonyl (C=O) groups excluding carboxylic acids is 1. The molecule has 0 bridgehead atoms. The zero-order chi connectivity index (χ0) is 13.8. The molecule has 1 aliphatic rings. The predicted octanol–water partition coefficient (Wildman–Crippen LogP) is -0.600. The maximum Gasteiger partial charge on any atom is 0.259 e. The van der Waals surface area contributed by atoms with E-state index in [1.54, 1.807) is 11.8 Å². The number of rotatable bonds is 3. The van der Waals surface area contributed by atoms with Crippen molar-refractivity contribution in [2.24, 2.45) is 5.73 Å². The normalized spacial score (nSPS) is 16.6. The summed E-state index contributed by atoms with van der Waals surface area (Å²) >= 11 is 0. The number of nitrogens with zero attached hydrogens (tertiary/aromatic N) is 2. The Balaban J connectivity index is 2.03. The van der Waals surface area contributed by atoms with Crippen LogP contribution in [0.2, 0.25) is 0 Å². The molecule has 2 heterocycles. The lowest BCUT2D eigenvalue weighted by Crippen LogP contribution is -2.50. The van der Waals surface area contributed by atoms with Crippen LogP contribution in [0, 0.1) is 6.92 Å². The number of nitrogens with one attached hydrogen (secondary N) is 1. The van der Waals surface area contributed by atoms with Crippen molar-refractivity contribution >= 4 is 5.91 Å². The minimum absolute atomic E-state index is 0.186. The minimum Gasteiger partial charge on any atom is -0.364 e. The number of hydrogen-bond donors (Lipinski definition) is 2. The van der Waals surface area contributed by atoms with Gasteiger partial charge in [0, 0.05) is 57.2 Å². The molecule has 6 heteroatoms. The molecule has 6 nitrogen and oxygen atoms in total. The van der Waals surface area contributed by atoms with Crippen LogP contribution >= 0.6 is 0 Å². The van der Waals surface area contributed by atoms with E-state index in [-0.39, 0.29) is 16.9 Å². The molecular formula is C13H20N4O2. The Kier molecular flexibility index (Phi) is 4.34. The van der Waals surface area contributed by atoms with Crippen molar-refractivity contribution in [1.82, 2.24) is 14.8 Å². The van der Waals surface area contributed by atoms with Crippen molar-refractivity contribution in [3.63, 3.8) is 0 Å². The van der Waals surface area contributed by atoms with Crippen LogP contribution in [0.4, 0.5) is 0 Å². The highest BCUT2D eigenvalue weighted by atomic mass is 16.2. The average Bonchev–Trinajstić information content (AvgIpc) is 2.39. The van der Waals surface area contributed by atoms with E-state index in [9.17, 15) is 9.59 Å². The zero-order valence-electron chi connectivity index (χ0n) is 11.2. The molecule has 19 heavy (non-hydrogen) atoms. The van der Waals surface area contributed by atoms with E-state index >= 15 is 0 Å². The first-order valence-electron chi connectivity index (χ1n) is 6.53. The number of pyridine rings is 1. The number of aromatic nitrogens is 1. The molecule has 1 saturated heterocycles. The van der Waals surface area contributed by atoms with E-state index in [4.69, 9.17) is 5.73 Å². The van der Waals surface area contributed by atoms with Crippen molar-refractivity contribution in [2.45, 2.75) is 6.92 Å². The summed E-state index contributed by atoms with van der Waals surface area (Å²) in [7, 11) is 0. The Hall–Kier alpha value is -1.66. The summed E-state index contributed by atoms with van der Waals surface area (Å²) in [6.45, 7) is 6.19. The van der Waals surface area contributed by atoms with Crippen molar-refractivity contribution in [3.8, 4) is 0 Å². The first-order valence-corrected chi connectivity index (χ1v) is 6.53. The van der Waals surface area contributed by atoms with Crippen LogP contribution in [0.1, 0.15) is 16.1 Å². The standard InChI is InChI=1S/C13H20N4O2/c1-10-8-12(18)11(9-15-10)13(19)17-6-4-16(3-2-14)5-7-17/h8-9H,2-7,14H2,1H3,(H,15,18). The molecule has 0 spiro atoms. The fourth-order valence-electron chi connectivity index (χ4n) is 2.27. The maximum absolute atomic E-state index is 12.3. The van der Waals surface area contributed by atoms with Crippen molar-refractivity contribution in [2.75, 3.05) is 39.3 Å². The van der Waals surface area contributed by atoms with Gasteiger partial charge in [-0.05, 0) is 6.92 Å². The van der Waals surface area contributed by atoms with Crippen molar-refractivity contribution < 1.29 is 4.79 Å². The smallest absolute Gasteiger partial charge is 0.259 e. The molecule has 2 rings (SSSR count). The number of piperazine rings is 1. The van der Waals surface area contributed by atoms with Gasteiger partial charge in [0.2, 0.25) is 0 Å². The van der Waals surface area contributed by atoms with E-state index in [0.717, 1.165) is 25.3 Å². The topological polar surface area (TPSA) is 82.4 Å². The van der Waals surface area contributed by atoms with Crippen LogP contribution in [-0.2, 0) is 0 Å². The molecule has 0 radical (unpaired) electrons. The van der Waals surface area contributed by atoms with Crippen LogP contribution in [0.5, 0.6) is 0 Å². The predicted molar refractivity (Wildman–Crippen MR) is 73.2 cm³/mol. The largest absolute Gasteiger partial charge is 0.364 e. The summed E-state index contributed by atoms with van der Waals surface area (Å²) in [5.41, 5.74) is 6.27. The highest BCUT2D eigenvalue weighted by Crippen LogP contribution is 2.05. The van der Waals surface area contributed by atoms with Crippen molar-refractivity contribution in [1.29, 1.82) is 0 Å². The number of hydrogen-bond acceptors (Lipinski definition) is 4. The SMILES string of the molecule is Cc1cc(=O)c(C(=O)N2CCN(CCN)CC2)c[nH]1. The van der Waals surface area contributed by atoms with Gasteiger partial charge in [-0.25, -0.2) is 0 Å². The average molecular weight is 264 g/mol. The van der Waals surface area contributed by atoms with Crippen LogP contribution in [-0.4, -0.2) is 60.0 Å². The van der Waals surface area contributed by atoms with Gasteiger partial charge in [0.05, 0.1) is 0 Å². The van der Waals surface area contributed by atoms with Gasteiger partial charge < -0.3 is 15.6 Å². The van der Waals surface area contributed by atoms with Gasteiger partial charge in [0.1, 0.15) is 5.56 Å². The molecule has 1 fully saturated rings. The van der Waals surface area contributed by atoms with Gasteiger partial charge in [-0.2, -0.15) is 0 Å². The lowest BCUT2D eigenvalue weighted by atomic mass is 10.2. The zero-order valence-corrected chi connectivity index (χ0v) is 11.2. The minimum atomic E-state index is -0.217. The van der Waals surface area contributed by atoms with Gasteiger partial charge in [-0.3, -0.25) is 14.5 Å². The molecule has 0 aromatic carbocycles. The summed E-state index contributed by atoms with van der Waals surface area (Å²) < 4.78 is 0. The quantitative estimate of drug-likeness (QED) is 0.764. The fourth-order valence-corrected chi connectivity index (χ4v) is 2.27. The molecule has 3 N–H and O–H groups in total. The first kappa shape index (κ1) is 13.8. The number of aromatic amines is 1. The second kappa shape index (κ2) is 5.99. The summed E-state index contributed by atoms with van der Waals surface area (Å²) in [5, 5.41) is 0. The molecule has 0 aliphatic carbocycles. The van der Waals surface area contributed by atoms with E-state index in [1.165, 1.54) is 12.3 Å². The summed E-state index contributed by atoms with van der Waals surface area (Å²) in [4.78, 5) is 30.9. The Labute approximate surface area is 112 Å². The third kappa shape index (κ3) is 3.21. The molecule has 1 aromatic rings. The van der Waals surface area contributed by atoms with Gasteiger partial charge >= 0.3 is 0 Å². The first-order chi connectivity index (χ1) is 9.11. The number of aryl methyl sites for hydroxylation is 1. The molecule has 0 unspecified atom stereocenters. The second-order valence-corrected chi connectivity index (χ2v) is 4.82. The highest BCUT2D eigenvalue weighted by molar-refractivity contribution is 5.93. The Morgan fingerprint density at radius 1 is 1.37 bits per heavy atom. The number of nitrogens with two attached hydrogens (primary N) is 1. The summed E-state index contributed by atoms with van der Waals surface area (Å²) in [6.07, 6.45) is 1.51. The second-order valence-electron chi connectivity index (χ2n) is 4.82. The summed E-state index contributed by atoms with van der Waals surface area (Å²) in [6, 6.07) is 1.46.